The van der Waals surface area contributed by atoms with Crippen molar-refractivity contribution < 1.29 is 9.53 Å². The normalized spacial score (nSPS) is 10.8. The van der Waals surface area contributed by atoms with Crippen LogP contribution in [0, 0.1) is 0 Å². The zero-order valence-electron chi connectivity index (χ0n) is 12.2. The standard InChI is InChI=1S/C14H22BrN3O2/c1-4-11(5-2)18(6-7-20-3)14(19)12-8-10(15)9-17-13(12)16/h8-9,11H,4-7H2,1-3H3,(H2,16,17). The molecule has 0 fully saturated rings. The Morgan fingerprint density at radius 2 is 2.15 bits per heavy atom. The Bertz CT molecular complexity index is 450. The third-order valence-corrected chi connectivity index (χ3v) is 3.73. The average molecular weight is 344 g/mol. The monoisotopic (exact) mass is 343 g/mol. The van der Waals surface area contributed by atoms with E-state index in [-0.39, 0.29) is 17.8 Å². The Balaban J connectivity index is 3.05. The maximum absolute atomic E-state index is 12.7. The second-order valence-electron chi connectivity index (χ2n) is 4.55. The Kier molecular flexibility index (Phi) is 6.95. The van der Waals surface area contributed by atoms with Crippen molar-refractivity contribution in [3.63, 3.8) is 0 Å². The molecule has 1 aromatic heterocycles. The first kappa shape index (κ1) is 16.9. The lowest BCUT2D eigenvalue weighted by Crippen LogP contribution is -2.42. The van der Waals surface area contributed by atoms with E-state index < -0.39 is 0 Å². The molecule has 1 heterocycles. The average Bonchev–Trinajstić information content (AvgIpc) is 2.45. The number of rotatable bonds is 7. The minimum atomic E-state index is -0.0953. The van der Waals surface area contributed by atoms with Crippen LogP contribution in [0.3, 0.4) is 0 Å². The van der Waals surface area contributed by atoms with Gasteiger partial charge in [0.15, 0.2) is 0 Å². The number of anilines is 1. The van der Waals surface area contributed by atoms with Crippen LogP contribution in [0.1, 0.15) is 37.0 Å². The van der Waals surface area contributed by atoms with Gasteiger partial charge in [0.1, 0.15) is 5.82 Å². The molecule has 0 radical (unpaired) electrons. The lowest BCUT2D eigenvalue weighted by molar-refractivity contribution is 0.0590. The van der Waals surface area contributed by atoms with Gasteiger partial charge in [-0.1, -0.05) is 13.8 Å². The quantitative estimate of drug-likeness (QED) is 0.826. The largest absolute Gasteiger partial charge is 0.383 e. The number of nitrogens with two attached hydrogens (primary N) is 1. The van der Waals surface area contributed by atoms with Gasteiger partial charge in [-0.2, -0.15) is 0 Å². The number of methoxy groups -OCH3 is 1. The van der Waals surface area contributed by atoms with Crippen molar-refractivity contribution in [2.45, 2.75) is 32.7 Å². The highest BCUT2D eigenvalue weighted by Gasteiger charge is 2.24. The van der Waals surface area contributed by atoms with Crippen molar-refractivity contribution in [2.75, 3.05) is 26.0 Å². The van der Waals surface area contributed by atoms with Gasteiger partial charge in [-0.05, 0) is 34.8 Å². The van der Waals surface area contributed by atoms with Crippen LogP contribution in [0.2, 0.25) is 0 Å². The van der Waals surface area contributed by atoms with E-state index in [1.807, 2.05) is 4.90 Å². The molecular weight excluding hydrogens is 322 g/mol. The van der Waals surface area contributed by atoms with Gasteiger partial charge < -0.3 is 15.4 Å². The van der Waals surface area contributed by atoms with E-state index in [9.17, 15) is 4.79 Å². The van der Waals surface area contributed by atoms with Gasteiger partial charge in [0.05, 0.1) is 12.2 Å². The fourth-order valence-corrected chi connectivity index (χ4v) is 2.48. The van der Waals surface area contributed by atoms with Crippen LogP contribution >= 0.6 is 15.9 Å². The maximum Gasteiger partial charge on any atom is 0.257 e. The van der Waals surface area contributed by atoms with Crippen molar-refractivity contribution in [1.29, 1.82) is 0 Å². The first-order valence-electron chi connectivity index (χ1n) is 6.76. The molecule has 5 nitrogen and oxygen atoms in total. The summed E-state index contributed by atoms with van der Waals surface area (Å²) in [6, 6.07) is 1.89. The number of nitrogen functional groups attached to an aromatic ring is 1. The summed E-state index contributed by atoms with van der Waals surface area (Å²) in [5.74, 6) is 0.161. The fourth-order valence-electron chi connectivity index (χ4n) is 2.14. The second-order valence-corrected chi connectivity index (χ2v) is 5.46. The van der Waals surface area contributed by atoms with Crippen molar-refractivity contribution in [3.8, 4) is 0 Å². The van der Waals surface area contributed by atoms with Gasteiger partial charge in [0.25, 0.3) is 5.91 Å². The van der Waals surface area contributed by atoms with Gasteiger partial charge in [0.2, 0.25) is 0 Å². The molecular formula is C14H22BrN3O2. The molecule has 0 unspecified atom stereocenters. The SMILES string of the molecule is CCC(CC)N(CCOC)C(=O)c1cc(Br)cnc1N. The molecule has 0 bridgehead atoms. The van der Waals surface area contributed by atoms with Gasteiger partial charge >= 0.3 is 0 Å². The van der Waals surface area contributed by atoms with Crippen LogP contribution in [0.15, 0.2) is 16.7 Å². The zero-order valence-corrected chi connectivity index (χ0v) is 13.8. The Morgan fingerprint density at radius 1 is 1.50 bits per heavy atom. The first-order valence-corrected chi connectivity index (χ1v) is 7.55. The van der Waals surface area contributed by atoms with Crippen LogP contribution in [-0.2, 0) is 4.74 Å². The number of pyridine rings is 1. The highest BCUT2D eigenvalue weighted by Crippen LogP contribution is 2.20. The summed E-state index contributed by atoms with van der Waals surface area (Å²) in [6.07, 6.45) is 3.38. The lowest BCUT2D eigenvalue weighted by atomic mass is 10.1. The summed E-state index contributed by atoms with van der Waals surface area (Å²) in [5, 5.41) is 0. The molecule has 0 saturated carbocycles. The molecule has 0 aromatic carbocycles. The molecule has 0 aliphatic rings. The van der Waals surface area contributed by atoms with Crippen LogP contribution < -0.4 is 5.73 Å². The van der Waals surface area contributed by atoms with E-state index in [0.29, 0.717) is 18.7 Å². The van der Waals surface area contributed by atoms with Crippen LogP contribution in [0.5, 0.6) is 0 Å². The van der Waals surface area contributed by atoms with Crippen molar-refractivity contribution in [1.82, 2.24) is 9.88 Å². The predicted octanol–water partition coefficient (Wildman–Crippen LogP) is 2.70. The topological polar surface area (TPSA) is 68.5 Å². The number of amides is 1. The Labute approximate surface area is 128 Å². The van der Waals surface area contributed by atoms with Gasteiger partial charge in [-0.15, -0.1) is 0 Å². The molecule has 0 aliphatic carbocycles. The van der Waals surface area contributed by atoms with Crippen molar-refractivity contribution in [2.24, 2.45) is 0 Å². The number of nitrogens with zero attached hydrogens (tertiary/aromatic N) is 2. The summed E-state index contributed by atoms with van der Waals surface area (Å²) in [6.45, 7) is 5.20. The van der Waals surface area contributed by atoms with E-state index >= 15 is 0 Å². The molecule has 6 heteroatoms. The zero-order chi connectivity index (χ0) is 15.1. The van der Waals surface area contributed by atoms with E-state index in [0.717, 1.165) is 17.3 Å². The Hall–Kier alpha value is -1.14. The first-order chi connectivity index (χ1) is 9.54. The van der Waals surface area contributed by atoms with E-state index in [4.69, 9.17) is 10.5 Å². The molecule has 1 amide bonds. The second kappa shape index (κ2) is 8.21. The molecule has 0 spiro atoms. The van der Waals surface area contributed by atoms with Gasteiger partial charge in [-0.25, -0.2) is 4.98 Å². The number of aromatic nitrogens is 1. The minimum absolute atomic E-state index is 0.0953. The molecule has 0 atom stereocenters. The molecule has 0 saturated heterocycles. The molecule has 2 N–H and O–H groups in total. The fraction of sp³-hybridized carbons (Fsp3) is 0.571. The smallest absolute Gasteiger partial charge is 0.257 e. The van der Waals surface area contributed by atoms with E-state index in [1.54, 1.807) is 19.4 Å². The summed E-state index contributed by atoms with van der Waals surface area (Å²) >= 11 is 3.32. The van der Waals surface area contributed by atoms with E-state index in [2.05, 4.69) is 34.8 Å². The summed E-state index contributed by atoms with van der Waals surface area (Å²) in [7, 11) is 1.63. The van der Waals surface area contributed by atoms with Crippen LogP contribution in [-0.4, -0.2) is 42.1 Å². The van der Waals surface area contributed by atoms with E-state index in [1.165, 1.54) is 0 Å². The lowest BCUT2D eigenvalue weighted by Gasteiger charge is -2.30. The van der Waals surface area contributed by atoms with Crippen molar-refractivity contribution >= 4 is 27.7 Å². The van der Waals surface area contributed by atoms with Crippen LogP contribution in [0.25, 0.3) is 0 Å². The molecule has 112 valence electrons. The van der Waals surface area contributed by atoms with Gasteiger partial charge in [0, 0.05) is 30.4 Å². The summed E-state index contributed by atoms with van der Waals surface area (Å²) in [4.78, 5) is 18.6. The molecule has 1 aromatic rings. The number of halogens is 1. The molecule has 1 rings (SSSR count). The number of carbonyl (C=O) groups is 1. The predicted molar refractivity (Wildman–Crippen MR) is 83.6 cm³/mol. The minimum Gasteiger partial charge on any atom is -0.383 e. The summed E-state index contributed by atoms with van der Waals surface area (Å²) < 4.78 is 5.84. The number of ether oxygens (including phenoxy) is 1. The Morgan fingerprint density at radius 3 is 2.70 bits per heavy atom. The highest BCUT2D eigenvalue weighted by atomic mass is 79.9. The van der Waals surface area contributed by atoms with Crippen LogP contribution in [0.4, 0.5) is 5.82 Å². The molecule has 0 aliphatic heterocycles. The highest BCUT2D eigenvalue weighted by molar-refractivity contribution is 9.10. The number of carbonyl (C=O) groups excluding carboxylic acids is 1. The third-order valence-electron chi connectivity index (χ3n) is 3.30. The van der Waals surface area contributed by atoms with Crippen molar-refractivity contribution in [3.05, 3.63) is 22.3 Å². The summed E-state index contributed by atoms with van der Waals surface area (Å²) in [5.41, 5.74) is 6.26. The number of hydrogen-bond acceptors (Lipinski definition) is 4. The van der Waals surface area contributed by atoms with Gasteiger partial charge in [-0.3, -0.25) is 4.79 Å². The third kappa shape index (κ3) is 4.18. The maximum atomic E-state index is 12.7. The number of hydrogen-bond donors (Lipinski definition) is 1. The molecule has 20 heavy (non-hydrogen) atoms.